The van der Waals surface area contributed by atoms with Crippen molar-refractivity contribution in [2.75, 3.05) is 0 Å². The van der Waals surface area contributed by atoms with Crippen LogP contribution in [0.3, 0.4) is 0 Å². The zero-order valence-corrected chi connectivity index (χ0v) is 22.8. The summed E-state index contributed by atoms with van der Waals surface area (Å²) in [5.74, 6) is -0.369. The number of hydrogen-bond acceptors (Lipinski definition) is 5. The van der Waals surface area contributed by atoms with Gasteiger partial charge >= 0.3 is 225 Å². The topological polar surface area (TPSA) is 85.7 Å². The van der Waals surface area contributed by atoms with Crippen LogP contribution in [-0.4, -0.2) is 25.0 Å². The first-order valence-electron chi connectivity index (χ1n) is 11.5. The van der Waals surface area contributed by atoms with Gasteiger partial charge in [-0.05, 0) is 0 Å². The van der Waals surface area contributed by atoms with E-state index in [-0.39, 0.29) is 14.7 Å². The molecule has 0 radical (unpaired) electrons. The third kappa shape index (κ3) is 5.61. The van der Waals surface area contributed by atoms with Gasteiger partial charge in [0.1, 0.15) is 0 Å². The van der Waals surface area contributed by atoms with Gasteiger partial charge in [-0.25, -0.2) is 0 Å². The molecule has 6 nitrogen and oxygen atoms in total. The van der Waals surface area contributed by atoms with Crippen LogP contribution in [0.1, 0.15) is 31.1 Å². The first-order chi connectivity index (χ1) is 17.9. The van der Waals surface area contributed by atoms with Gasteiger partial charge in [0.2, 0.25) is 0 Å². The van der Waals surface area contributed by atoms with Crippen LogP contribution in [0.25, 0.3) is 0 Å². The van der Waals surface area contributed by atoms with E-state index in [4.69, 9.17) is 2.51 Å². The second-order valence-corrected chi connectivity index (χ2v) is 15.0. The van der Waals surface area contributed by atoms with Crippen LogP contribution in [0.15, 0.2) is 125 Å². The minimum absolute atomic E-state index is 0.123. The van der Waals surface area contributed by atoms with Crippen molar-refractivity contribution >= 4 is 42.0 Å². The molecule has 1 aliphatic carbocycles. The number of aryl methyl sites for hydroxylation is 1. The Balaban J connectivity index is 1.55. The second kappa shape index (κ2) is 10.9. The summed E-state index contributed by atoms with van der Waals surface area (Å²) in [5.41, 5.74) is 3.22. The fourth-order valence-electron chi connectivity index (χ4n) is 3.81. The number of hydrogen-bond donors (Lipinski definition) is 0. The molecule has 1 aliphatic rings. The number of alkyl halides is 1. The quantitative estimate of drug-likeness (QED) is 0.186. The number of aromatic nitrogens is 1. The van der Waals surface area contributed by atoms with Gasteiger partial charge in [0, 0.05) is 0 Å². The first kappa shape index (κ1) is 25.2. The van der Waals surface area contributed by atoms with E-state index in [0.717, 1.165) is 14.7 Å². The fraction of sp³-hybridized carbons (Fsp3) is 0.0690. The molecule has 1 aromatic heterocycles. The number of aliphatic imine (C=N–C) groups is 1. The Hall–Kier alpha value is -3.47. The number of halogens is 1. The van der Waals surface area contributed by atoms with Crippen molar-refractivity contribution in [3.8, 4) is 0 Å². The number of carbonyl (C=O) groups is 1. The maximum atomic E-state index is 13.4. The molecule has 0 saturated carbocycles. The first-order valence-corrected chi connectivity index (χ1v) is 16.1. The summed E-state index contributed by atoms with van der Waals surface area (Å²) in [7, 11) is -4.01. The van der Waals surface area contributed by atoms with E-state index in [0.29, 0.717) is 17.0 Å². The SMILES string of the molecule is Cc1ccc(S(=O)(=O)OI(c2ccccc2)C2C=CC(=NC(=O)c3ccccc3)c3ncccc32)cc1. The molecule has 1 heterocycles. The summed E-state index contributed by atoms with van der Waals surface area (Å²) in [5, 5.41) is 0. The molecule has 186 valence electrons. The van der Waals surface area contributed by atoms with E-state index < -0.39 is 30.4 Å². The summed E-state index contributed by atoms with van der Waals surface area (Å²) in [6.45, 7) is 1.90. The number of carbonyl (C=O) groups excluding carboxylic acids is 1. The van der Waals surface area contributed by atoms with Crippen LogP contribution in [0, 0.1) is 10.5 Å². The molecule has 0 fully saturated rings. The average Bonchev–Trinajstić information content (AvgIpc) is 2.93. The predicted octanol–water partition coefficient (Wildman–Crippen LogP) is 6.33. The van der Waals surface area contributed by atoms with Crippen LogP contribution in [0.4, 0.5) is 0 Å². The second-order valence-electron chi connectivity index (χ2n) is 8.27. The molecule has 0 bridgehead atoms. The molecular formula is C29H23IN2O4S. The zero-order valence-electron chi connectivity index (χ0n) is 19.9. The van der Waals surface area contributed by atoms with Gasteiger partial charge in [0.25, 0.3) is 0 Å². The molecular weight excluding hydrogens is 599 g/mol. The Morgan fingerprint density at radius 2 is 1.57 bits per heavy atom. The Bertz CT molecular complexity index is 1590. The predicted molar refractivity (Wildman–Crippen MR) is 152 cm³/mol. The maximum absolute atomic E-state index is 13.4. The van der Waals surface area contributed by atoms with Crippen molar-refractivity contribution in [3.63, 3.8) is 0 Å². The van der Waals surface area contributed by atoms with Crippen molar-refractivity contribution in [1.82, 2.24) is 4.98 Å². The van der Waals surface area contributed by atoms with Crippen molar-refractivity contribution in [2.45, 2.75) is 15.7 Å². The Morgan fingerprint density at radius 3 is 2.27 bits per heavy atom. The Morgan fingerprint density at radius 1 is 0.892 bits per heavy atom. The molecule has 1 unspecified atom stereocenters. The molecule has 37 heavy (non-hydrogen) atoms. The Kier molecular flexibility index (Phi) is 7.40. The minimum atomic E-state index is -4.01. The molecule has 0 spiro atoms. The molecule has 1 amide bonds. The number of pyridine rings is 1. The van der Waals surface area contributed by atoms with Gasteiger partial charge < -0.3 is 0 Å². The third-order valence-electron chi connectivity index (χ3n) is 5.67. The third-order valence-corrected chi connectivity index (χ3v) is 13.7. The summed E-state index contributed by atoms with van der Waals surface area (Å²) >= 11 is -2.93. The van der Waals surface area contributed by atoms with Gasteiger partial charge in [0.05, 0.1) is 0 Å². The normalized spacial score (nSPS) is 16.3. The molecule has 8 heteroatoms. The molecule has 1 atom stereocenters. The summed E-state index contributed by atoms with van der Waals surface area (Å²) in [6, 6.07) is 28.6. The van der Waals surface area contributed by atoms with Crippen LogP contribution < -0.4 is 0 Å². The summed E-state index contributed by atoms with van der Waals surface area (Å²) in [4.78, 5) is 21.8. The molecule has 4 aromatic rings. The van der Waals surface area contributed by atoms with Crippen molar-refractivity contribution in [2.24, 2.45) is 4.99 Å². The zero-order chi connectivity index (χ0) is 25.8. The van der Waals surface area contributed by atoms with E-state index in [1.54, 1.807) is 66.9 Å². The number of amides is 1. The number of fused-ring (bicyclic) bond motifs is 1. The number of nitrogens with zero attached hydrogens (tertiary/aromatic N) is 2. The van der Waals surface area contributed by atoms with Gasteiger partial charge in [-0.15, -0.1) is 0 Å². The van der Waals surface area contributed by atoms with Crippen molar-refractivity contribution < 1.29 is 15.7 Å². The van der Waals surface area contributed by atoms with E-state index in [1.807, 2.05) is 55.5 Å². The van der Waals surface area contributed by atoms with E-state index >= 15 is 0 Å². The van der Waals surface area contributed by atoms with Crippen LogP contribution in [-0.2, 0) is 12.6 Å². The molecule has 0 saturated heterocycles. The van der Waals surface area contributed by atoms with Gasteiger partial charge in [0.15, 0.2) is 0 Å². The summed E-state index contributed by atoms with van der Waals surface area (Å²) < 4.78 is 33.3. The van der Waals surface area contributed by atoms with Gasteiger partial charge in [-0.1, -0.05) is 0 Å². The number of rotatable bonds is 6. The number of allylic oxidation sites excluding steroid dienone is 2. The monoisotopic (exact) mass is 622 g/mol. The van der Waals surface area contributed by atoms with Crippen molar-refractivity contribution in [3.05, 3.63) is 141 Å². The molecule has 5 rings (SSSR count). The molecule has 3 aromatic carbocycles. The van der Waals surface area contributed by atoms with Gasteiger partial charge in [-0.2, -0.15) is 0 Å². The van der Waals surface area contributed by atoms with E-state index in [2.05, 4.69) is 9.98 Å². The van der Waals surface area contributed by atoms with Crippen LogP contribution >= 0.6 is 20.2 Å². The molecule has 0 N–H and O–H groups in total. The van der Waals surface area contributed by atoms with Crippen LogP contribution in [0.5, 0.6) is 0 Å². The standard InChI is InChI=1S/C29H23IN2O4S/c1-21-14-16-24(17-15-21)37(34,35)36-30(23-11-6-3-7-12-23)26-18-19-27(28-25(26)13-8-20-31-28)32-29(33)22-9-4-2-5-10-22/h2-20,26H,1H3. The van der Waals surface area contributed by atoms with E-state index in [1.165, 1.54) is 0 Å². The van der Waals surface area contributed by atoms with E-state index in [9.17, 15) is 13.2 Å². The summed E-state index contributed by atoms with van der Waals surface area (Å²) in [6.07, 6.45) is 5.28. The van der Waals surface area contributed by atoms with Crippen molar-refractivity contribution in [1.29, 1.82) is 0 Å². The number of benzene rings is 3. The Labute approximate surface area is 223 Å². The van der Waals surface area contributed by atoms with Gasteiger partial charge in [-0.3, -0.25) is 0 Å². The van der Waals surface area contributed by atoms with Crippen LogP contribution in [0.2, 0.25) is 0 Å². The average molecular weight is 622 g/mol. The fourth-order valence-corrected chi connectivity index (χ4v) is 11.7. The molecule has 0 aliphatic heterocycles.